The van der Waals surface area contributed by atoms with E-state index in [2.05, 4.69) is 16.8 Å². The van der Waals surface area contributed by atoms with Crippen LogP contribution in [0.2, 0.25) is 0 Å². The van der Waals surface area contributed by atoms with Gasteiger partial charge in [-0.25, -0.2) is 4.98 Å². The molecule has 1 aromatic heterocycles. The Balaban J connectivity index is 1.99. The summed E-state index contributed by atoms with van der Waals surface area (Å²) in [6.07, 6.45) is 0.345. The molecule has 0 amide bonds. The normalized spacial score (nSPS) is 25.1. The van der Waals surface area contributed by atoms with Gasteiger partial charge in [-0.2, -0.15) is 0 Å². The lowest BCUT2D eigenvalue weighted by Crippen LogP contribution is -2.48. The molecule has 0 bridgehead atoms. The van der Waals surface area contributed by atoms with Crippen LogP contribution in [0, 0.1) is 0 Å². The third-order valence-corrected chi connectivity index (χ3v) is 3.04. The van der Waals surface area contributed by atoms with Gasteiger partial charge in [0.05, 0.1) is 25.0 Å². The number of ether oxygens (including phenoxy) is 2. The van der Waals surface area contributed by atoms with E-state index in [1.807, 2.05) is 18.2 Å². The average molecular weight is 251 g/mol. The molecular weight excluding hydrogens is 230 g/mol. The number of methoxy groups -OCH3 is 1. The van der Waals surface area contributed by atoms with Crippen LogP contribution in [0.25, 0.3) is 0 Å². The first-order valence-corrected chi connectivity index (χ1v) is 6.29. The maximum Gasteiger partial charge on any atom is 0.213 e. The molecule has 0 aliphatic carbocycles. The Morgan fingerprint density at radius 3 is 3.06 bits per heavy atom. The van der Waals surface area contributed by atoms with Crippen molar-refractivity contribution in [2.24, 2.45) is 5.73 Å². The molecule has 2 heterocycles. The molecule has 2 unspecified atom stereocenters. The van der Waals surface area contributed by atoms with Gasteiger partial charge in [-0.3, -0.25) is 4.90 Å². The van der Waals surface area contributed by atoms with Crippen molar-refractivity contribution in [3.63, 3.8) is 0 Å². The van der Waals surface area contributed by atoms with Gasteiger partial charge in [0.25, 0.3) is 0 Å². The zero-order valence-electron chi connectivity index (χ0n) is 11.0. The van der Waals surface area contributed by atoms with Crippen molar-refractivity contribution in [1.82, 2.24) is 9.88 Å². The molecule has 0 radical (unpaired) electrons. The number of rotatable bonds is 4. The molecule has 18 heavy (non-hydrogen) atoms. The summed E-state index contributed by atoms with van der Waals surface area (Å²) in [5.41, 5.74) is 6.69. The van der Waals surface area contributed by atoms with E-state index in [1.54, 1.807) is 7.11 Å². The van der Waals surface area contributed by atoms with Gasteiger partial charge in [0.15, 0.2) is 0 Å². The number of nitrogens with zero attached hydrogens (tertiary/aromatic N) is 2. The van der Waals surface area contributed by atoms with Crippen LogP contribution in [0.15, 0.2) is 18.2 Å². The van der Waals surface area contributed by atoms with Crippen LogP contribution >= 0.6 is 0 Å². The van der Waals surface area contributed by atoms with Gasteiger partial charge < -0.3 is 15.2 Å². The molecule has 100 valence electrons. The van der Waals surface area contributed by atoms with Gasteiger partial charge in [0, 0.05) is 32.2 Å². The Labute approximate surface area is 108 Å². The maximum atomic E-state index is 5.74. The Kier molecular flexibility index (Phi) is 4.52. The molecule has 1 aromatic rings. The highest BCUT2D eigenvalue weighted by molar-refractivity contribution is 5.15. The van der Waals surface area contributed by atoms with E-state index in [0.717, 1.165) is 25.3 Å². The topological polar surface area (TPSA) is 60.6 Å². The van der Waals surface area contributed by atoms with Gasteiger partial charge in [0.2, 0.25) is 5.88 Å². The Morgan fingerprint density at radius 2 is 2.33 bits per heavy atom. The summed E-state index contributed by atoms with van der Waals surface area (Å²) < 4.78 is 10.9. The van der Waals surface area contributed by atoms with Gasteiger partial charge in [0.1, 0.15) is 0 Å². The van der Waals surface area contributed by atoms with Gasteiger partial charge >= 0.3 is 0 Å². The third-order valence-electron chi connectivity index (χ3n) is 3.04. The van der Waals surface area contributed by atoms with E-state index in [-0.39, 0.29) is 12.2 Å². The third kappa shape index (κ3) is 3.41. The fraction of sp³-hybridized carbons (Fsp3) is 0.615. The van der Waals surface area contributed by atoms with E-state index in [1.165, 1.54) is 0 Å². The molecule has 1 saturated heterocycles. The zero-order valence-corrected chi connectivity index (χ0v) is 11.0. The van der Waals surface area contributed by atoms with Crippen molar-refractivity contribution in [3.8, 4) is 5.88 Å². The van der Waals surface area contributed by atoms with Crippen LogP contribution < -0.4 is 10.5 Å². The summed E-state index contributed by atoms with van der Waals surface area (Å²) >= 11 is 0. The van der Waals surface area contributed by atoms with Crippen molar-refractivity contribution in [2.45, 2.75) is 25.7 Å². The molecule has 2 atom stereocenters. The second-order valence-electron chi connectivity index (χ2n) is 4.67. The van der Waals surface area contributed by atoms with Crippen LogP contribution in [-0.2, 0) is 11.3 Å². The summed E-state index contributed by atoms with van der Waals surface area (Å²) in [7, 11) is 1.63. The molecule has 0 aromatic carbocycles. The quantitative estimate of drug-likeness (QED) is 0.851. The number of aromatic nitrogens is 1. The van der Waals surface area contributed by atoms with Gasteiger partial charge in [-0.15, -0.1) is 0 Å². The molecular formula is C13H21N3O2. The summed E-state index contributed by atoms with van der Waals surface area (Å²) in [6, 6.07) is 5.83. The molecule has 0 spiro atoms. The highest BCUT2D eigenvalue weighted by atomic mass is 16.5. The number of hydrogen-bond donors (Lipinski definition) is 1. The smallest absolute Gasteiger partial charge is 0.213 e. The van der Waals surface area contributed by atoms with Gasteiger partial charge in [-0.05, 0) is 13.0 Å². The minimum atomic E-state index is 0.124. The first-order valence-electron chi connectivity index (χ1n) is 6.29. The molecule has 2 rings (SSSR count). The van der Waals surface area contributed by atoms with Crippen LogP contribution in [0.4, 0.5) is 0 Å². The zero-order chi connectivity index (χ0) is 13.0. The number of nitrogens with two attached hydrogens (primary N) is 1. The summed E-state index contributed by atoms with van der Waals surface area (Å²) in [4.78, 5) is 6.75. The predicted molar refractivity (Wildman–Crippen MR) is 69.5 cm³/mol. The largest absolute Gasteiger partial charge is 0.481 e. The minimum Gasteiger partial charge on any atom is -0.481 e. The van der Waals surface area contributed by atoms with Crippen molar-refractivity contribution in [2.75, 3.05) is 26.7 Å². The average Bonchev–Trinajstić information content (AvgIpc) is 2.38. The predicted octanol–water partition coefficient (Wildman–Crippen LogP) is 0.638. The molecule has 0 saturated carbocycles. The molecule has 1 aliphatic heterocycles. The molecule has 5 nitrogen and oxygen atoms in total. The van der Waals surface area contributed by atoms with E-state index in [4.69, 9.17) is 15.2 Å². The monoisotopic (exact) mass is 251 g/mol. The van der Waals surface area contributed by atoms with E-state index in [0.29, 0.717) is 12.4 Å². The van der Waals surface area contributed by atoms with E-state index in [9.17, 15) is 0 Å². The highest BCUT2D eigenvalue weighted by Gasteiger charge is 2.24. The molecule has 5 heteroatoms. The SMILES string of the molecule is COc1cccc(CN2CC(C)OC(CN)C2)n1. The Hall–Kier alpha value is -1.17. The van der Waals surface area contributed by atoms with Crippen molar-refractivity contribution >= 4 is 0 Å². The fourth-order valence-corrected chi connectivity index (χ4v) is 2.29. The van der Waals surface area contributed by atoms with Crippen LogP contribution in [-0.4, -0.2) is 48.8 Å². The second-order valence-corrected chi connectivity index (χ2v) is 4.67. The highest BCUT2D eigenvalue weighted by Crippen LogP contribution is 2.14. The van der Waals surface area contributed by atoms with Gasteiger partial charge in [-0.1, -0.05) is 6.07 Å². The van der Waals surface area contributed by atoms with Crippen LogP contribution in [0.1, 0.15) is 12.6 Å². The van der Waals surface area contributed by atoms with Crippen LogP contribution in [0.5, 0.6) is 5.88 Å². The number of morpholine rings is 1. The molecule has 2 N–H and O–H groups in total. The maximum absolute atomic E-state index is 5.74. The van der Waals surface area contributed by atoms with Crippen molar-refractivity contribution in [3.05, 3.63) is 23.9 Å². The van der Waals surface area contributed by atoms with Crippen molar-refractivity contribution < 1.29 is 9.47 Å². The van der Waals surface area contributed by atoms with Crippen LogP contribution in [0.3, 0.4) is 0 Å². The molecule has 1 aliphatic rings. The standard InChI is InChI=1S/C13H21N3O2/c1-10-7-16(9-12(6-14)18-10)8-11-4-3-5-13(15-11)17-2/h3-5,10,12H,6-9,14H2,1-2H3. The minimum absolute atomic E-state index is 0.124. The van der Waals surface area contributed by atoms with E-state index < -0.39 is 0 Å². The summed E-state index contributed by atoms with van der Waals surface area (Å²) in [5.74, 6) is 0.657. The number of pyridine rings is 1. The van der Waals surface area contributed by atoms with Crippen molar-refractivity contribution in [1.29, 1.82) is 0 Å². The molecule has 1 fully saturated rings. The lowest BCUT2D eigenvalue weighted by atomic mass is 10.2. The second kappa shape index (κ2) is 6.13. The number of hydrogen-bond acceptors (Lipinski definition) is 5. The van der Waals surface area contributed by atoms with E-state index >= 15 is 0 Å². The Bertz CT molecular complexity index is 386. The Morgan fingerprint density at radius 1 is 1.50 bits per heavy atom. The lowest BCUT2D eigenvalue weighted by molar-refractivity contribution is -0.0747. The fourth-order valence-electron chi connectivity index (χ4n) is 2.29. The first kappa shape index (κ1) is 13.3. The first-order chi connectivity index (χ1) is 8.71. The summed E-state index contributed by atoms with van der Waals surface area (Å²) in [5, 5.41) is 0. The lowest BCUT2D eigenvalue weighted by Gasteiger charge is -2.36. The summed E-state index contributed by atoms with van der Waals surface area (Å²) in [6.45, 7) is 5.22.